The highest BCUT2D eigenvalue weighted by atomic mass is 16.4. The highest BCUT2D eigenvalue weighted by molar-refractivity contribution is 6.08. The molecule has 3 aromatic heterocycles. The highest BCUT2D eigenvalue weighted by Gasteiger charge is 2.15. The standard InChI is InChI=1S/C24H17N5O3/c25-22(30)19-12-27-20-10-13(16-8-14-6-7-26-23(14)28-11-16)4-5-18(20)21(19)29-17-3-1-2-15(9-17)24(31)32/h1-12H,(H2,25,30)(H,26,28)(H,27,29)(H,31,32). The minimum Gasteiger partial charge on any atom is -0.478 e. The van der Waals surface area contributed by atoms with Crippen molar-refractivity contribution >= 4 is 45.2 Å². The Bertz CT molecular complexity index is 1520. The predicted molar refractivity (Wildman–Crippen MR) is 122 cm³/mol. The summed E-state index contributed by atoms with van der Waals surface area (Å²) in [6, 6.07) is 16.0. The number of anilines is 2. The van der Waals surface area contributed by atoms with Crippen LogP contribution in [0.5, 0.6) is 0 Å². The van der Waals surface area contributed by atoms with Crippen molar-refractivity contribution in [2.24, 2.45) is 5.73 Å². The summed E-state index contributed by atoms with van der Waals surface area (Å²) in [5, 5.41) is 14.1. The van der Waals surface area contributed by atoms with E-state index in [0.717, 1.165) is 22.2 Å². The van der Waals surface area contributed by atoms with Crippen LogP contribution in [0.3, 0.4) is 0 Å². The van der Waals surface area contributed by atoms with E-state index in [4.69, 9.17) is 5.73 Å². The monoisotopic (exact) mass is 423 g/mol. The number of nitrogens with one attached hydrogen (secondary N) is 2. The molecule has 0 unspecified atom stereocenters. The van der Waals surface area contributed by atoms with E-state index in [9.17, 15) is 14.7 Å². The third-order valence-corrected chi connectivity index (χ3v) is 5.25. The number of hydrogen-bond donors (Lipinski definition) is 4. The third-order valence-electron chi connectivity index (χ3n) is 5.25. The van der Waals surface area contributed by atoms with Gasteiger partial charge in [-0.3, -0.25) is 9.78 Å². The van der Waals surface area contributed by atoms with Gasteiger partial charge in [0.1, 0.15) is 5.65 Å². The van der Waals surface area contributed by atoms with Crippen LogP contribution in [0.25, 0.3) is 33.1 Å². The van der Waals surface area contributed by atoms with Crippen LogP contribution in [0.2, 0.25) is 0 Å². The molecule has 0 atom stereocenters. The highest BCUT2D eigenvalue weighted by Crippen LogP contribution is 2.32. The van der Waals surface area contributed by atoms with Gasteiger partial charge in [-0.25, -0.2) is 9.78 Å². The number of rotatable bonds is 5. The van der Waals surface area contributed by atoms with E-state index in [1.807, 2.05) is 36.5 Å². The zero-order valence-corrected chi connectivity index (χ0v) is 16.7. The van der Waals surface area contributed by atoms with Gasteiger partial charge in [0, 0.05) is 40.6 Å². The Hall–Kier alpha value is -4.72. The first-order valence-electron chi connectivity index (χ1n) is 9.76. The van der Waals surface area contributed by atoms with Gasteiger partial charge >= 0.3 is 5.97 Å². The molecule has 0 spiro atoms. The van der Waals surface area contributed by atoms with Gasteiger partial charge in [-0.15, -0.1) is 0 Å². The number of carboxylic acids is 1. The minimum absolute atomic E-state index is 0.129. The molecule has 0 bridgehead atoms. The molecule has 0 aliphatic carbocycles. The number of fused-ring (bicyclic) bond motifs is 2. The number of H-pyrrole nitrogens is 1. The normalized spacial score (nSPS) is 11.0. The van der Waals surface area contributed by atoms with Crippen molar-refractivity contribution in [1.29, 1.82) is 0 Å². The van der Waals surface area contributed by atoms with Crippen LogP contribution in [-0.4, -0.2) is 31.9 Å². The molecule has 8 heteroatoms. The molecular weight excluding hydrogens is 406 g/mol. The largest absolute Gasteiger partial charge is 0.478 e. The summed E-state index contributed by atoms with van der Waals surface area (Å²) in [6.45, 7) is 0. The van der Waals surface area contributed by atoms with Gasteiger partial charge in [-0.2, -0.15) is 0 Å². The molecular formula is C24H17N5O3. The number of hydrogen-bond acceptors (Lipinski definition) is 5. The van der Waals surface area contributed by atoms with E-state index in [1.165, 1.54) is 18.3 Å². The van der Waals surface area contributed by atoms with Crippen molar-refractivity contribution in [1.82, 2.24) is 15.0 Å². The fraction of sp³-hybridized carbons (Fsp3) is 0. The minimum atomic E-state index is -1.04. The van der Waals surface area contributed by atoms with Crippen LogP contribution in [0, 0.1) is 0 Å². The molecule has 5 N–H and O–H groups in total. The molecule has 5 aromatic rings. The maximum Gasteiger partial charge on any atom is 0.335 e. The maximum atomic E-state index is 12.1. The summed E-state index contributed by atoms with van der Waals surface area (Å²) < 4.78 is 0. The van der Waals surface area contributed by atoms with Crippen molar-refractivity contribution in [3.05, 3.63) is 84.3 Å². The lowest BCUT2D eigenvalue weighted by Crippen LogP contribution is -2.14. The van der Waals surface area contributed by atoms with Crippen LogP contribution in [0.15, 0.2) is 73.2 Å². The Morgan fingerprint density at radius 3 is 2.66 bits per heavy atom. The lowest BCUT2D eigenvalue weighted by atomic mass is 10.0. The molecule has 0 saturated carbocycles. The summed E-state index contributed by atoms with van der Waals surface area (Å²) >= 11 is 0. The Balaban J connectivity index is 1.62. The van der Waals surface area contributed by atoms with Crippen LogP contribution in [0.4, 0.5) is 11.4 Å². The van der Waals surface area contributed by atoms with Crippen molar-refractivity contribution in [3.8, 4) is 11.1 Å². The molecule has 1 amide bonds. The fourth-order valence-corrected chi connectivity index (χ4v) is 3.67. The molecule has 0 aliphatic heterocycles. The van der Waals surface area contributed by atoms with Gasteiger partial charge in [-0.05, 0) is 42.0 Å². The van der Waals surface area contributed by atoms with Crippen molar-refractivity contribution in [2.45, 2.75) is 0 Å². The van der Waals surface area contributed by atoms with E-state index in [1.54, 1.807) is 18.3 Å². The quantitative estimate of drug-likeness (QED) is 0.333. The van der Waals surface area contributed by atoms with E-state index in [0.29, 0.717) is 22.3 Å². The number of aromatic nitrogens is 3. The SMILES string of the molecule is NC(=O)c1cnc2cc(-c3cnc4[nH]ccc4c3)ccc2c1Nc1cccc(C(=O)O)c1. The summed E-state index contributed by atoms with van der Waals surface area (Å²) in [5.74, 6) is -1.68. The topological polar surface area (TPSA) is 134 Å². The number of carbonyl (C=O) groups excluding carboxylic acids is 1. The second kappa shape index (κ2) is 7.51. The Morgan fingerprint density at radius 1 is 0.969 bits per heavy atom. The fourth-order valence-electron chi connectivity index (χ4n) is 3.67. The Labute approximate surface area is 181 Å². The van der Waals surface area contributed by atoms with E-state index < -0.39 is 11.9 Å². The first kappa shape index (κ1) is 19.3. The number of aromatic carboxylic acids is 1. The van der Waals surface area contributed by atoms with Gasteiger partial charge in [0.05, 0.1) is 22.3 Å². The molecule has 8 nitrogen and oxygen atoms in total. The zero-order chi connectivity index (χ0) is 22.2. The lowest BCUT2D eigenvalue weighted by molar-refractivity contribution is 0.0696. The van der Waals surface area contributed by atoms with Gasteiger partial charge in [0.15, 0.2) is 0 Å². The van der Waals surface area contributed by atoms with Gasteiger partial charge in [0.25, 0.3) is 5.91 Å². The molecule has 0 fully saturated rings. The van der Waals surface area contributed by atoms with Gasteiger partial charge in [-0.1, -0.05) is 18.2 Å². The smallest absolute Gasteiger partial charge is 0.335 e. The number of nitrogens with two attached hydrogens (primary N) is 1. The number of carbonyl (C=O) groups is 2. The summed E-state index contributed by atoms with van der Waals surface area (Å²) in [5.41, 5.74) is 10.2. The number of carboxylic acid groups (broad SMARTS) is 1. The molecule has 0 aliphatic rings. The van der Waals surface area contributed by atoms with Crippen molar-refractivity contribution < 1.29 is 14.7 Å². The molecule has 32 heavy (non-hydrogen) atoms. The number of benzene rings is 2. The summed E-state index contributed by atoms with van der Waals surface area (Å²) in [7, 11) is 0. The van der Waals surface area contributed by atoms with Crippen LogP contribution in [0.1, 0.15) is 20.7 Å². The molecule has 156 valence electrons. The van der Waals surface area contributed by atoms with Crippen LogP contribution >= 0.6 is 0 Å². The van der Waals surface area contributed by atoms with E-state index >= 15 is 0 Å². The molecule has 3 heterocycles. The first-order chi connectivity index (χ1) is 15.5. The zero-order valence-electron chi connectivity index (χ0n) is 16.7. The first-order valence-corrected chi connectivity index (χ1v) is 9.76. The molecule has 5 rings (SSSR count). The van der Waals surface area contributed by atoms with Crippen molar-refractivity contribution in [3.63, 3.8) is 0 Å². The number of amides is 1. The van der Waals surface area contributed by atoms with Crippen LogP contribution < -0.4 is 11.1 Å². The average Bonchev–Trinajstić information content (AvgIpc) is 3.27. The van der Waals surface area contributed by atoms with Crippen LogP contribution in [-0.2, 0) is 0 Å². The maximum absolute atomic E-state index is 12.1. The second-order valence-electron chi connectivity index (χ2n) is 7.29. The summed E-state index contributed by atoms with van der Waals surface area (Å²) in [6.07, 6.45) is 5.05. The van der Waals surface area contributed by atoms with Crippen molar-refractivity contribution in [2.75, 3.05) is 5.32 Å². The average molecular weight is 423 g/mol. The number of aromatic amines is 1. The van der Waals surface area contributed by atoms with Gasteiger partial charge in [0.2, 0.25) is 0 Å². The lowest BCUT2D eigenvalue weighted by Gasteiger charge is -2.14. The van der Waals surface area contributed by atoms with Gasteiger partial charge < -0.3 is 21.1 Å². The second-order valence-corrected chi connectivity index (χ2v) is 7.29. The Kier molecular flexibility index (Phi) is 4.52. The number of pyridine rings is 2. The molecule has 2 aromatic carbocycles. The summed E-state index contributed by atoms with van der Waals surface area (Å²) in [4.78, 5) is 35.3. The molecule has 0 radical (unpaired) electrons. The van der Waals surface area contributed by atoms with E-state index in [2.05, 4.69) is 20.3 Å². The number of nitrogens with zero attached hydrogens (tertiary/aromatic N) is 2. The Morgan fingerprint density at radius 2 is 1.84 bits per heavy atom. The van der Waals surface area contributed by atoms with E-state index in [-0.39, 0.29) is 11.1 Å². The third kappa shape index (κ3) is 3.39. The predicted octanol–water partition coefficient (Wildman–Crippen LogP) is 4.32. The number of primary amides is 1. The molecule has 0 saturated heterocycles.